The van der Waals surface area contributed by atoms with Crippen LogP contribution in [-0.2, 0) is 5.60 Å². The summed E-state index contributed by atoms with van der Waals surface area (Å²) in [5, 5.41) is 10.1. The van der Waals surface area contributed by atoms with Crippen molar-refractivity contribution in [2.45, 2.75) is 37.7 Å². The fourth-order valence-corrected chi connectivity index (χ4v) is 2.67. The highest BCUT2D eigenvalue weighted by Crippen LogP contribution is 2.46. The van der Waals surface area contributed by atoms with Gasteiger partial charge in [-0.25, -0.2) is 0 Å². The Morgan fingerprint density at radius 2 is 2.06 bits per heavy atom. The van der Waals surface area contributed by atoms with Crippen LogP contribution in [0.1, 0.15) is 37.7 Å². The lowest BCUT2D eigenvalue weighted by Gasteiger charge is -2.25. The van der Waals surface area contributed by atoms with Crippen LogP contribution >= 0.6 is 15.9 Å². The van der Waals surface area contributed by atoms with Crippen LogP contribution in [0.2, 0.25) is 0 Å². The van der Waals surface area contributed by atoms with Crippen molar-refractivity contribution in [1.82, 2.24) is 0 Å². The average Bonchev–Trinajstić information content (AvgIpc) is 2.95. The third-order valence-corrected chi connectivity index (χ3v) is 4.30. The number of hydrogen-bond donors (Lipinski definition) is 1. The quantitative estimate of drug-likeness (QED) is 0.920. The molecule has 92 valence electrons. The van der Waals surface area contributed by atoms with Crippen LogP contribution in [0, 0.1) is 5.92 Å². The number of benzene rings is 1. The van der Waals surface area contributed by atoms with Gasteiger partial charge in [-0.15, -0.1) is 0 Å². The van der Waals surface area contributed by atoms with Crippen LogP contribution in [0.4, 0.5) is 0 Å². The zero-order chi connectivity index (χ0) is 11.9. The van der Waals surface area contributed by atoms with Gasteiger partial charge in [-0.2, -0.15) is 0 Å². The molecule has 0 atom stereocenters. The Morgan fingerprint density at radius 1 is 1.29 bits per heavy atom. The van der Waals surface area contributed by atoms with Crippen molar-refractivity contribution in [3.05, 3.63) is 28.2 Å². The van der Waals surface area contributed by atoms with Gasteiger partial charge in [-0.05, 0) is 55.4 Å². The van der Waals surface area contributed by atoms with Crippen LogP contribution in [0.25, 0.3) is 0 Å². The van der Waals surface area contributed by atoms with Gasteiger partial charge in [0.1, 0.15) is 5.75 Å². The molecule has 0 radical (unpaired) electrons. The highest BCUT2D eigenvalue weighted by molar-refractivity contribution is 9.10. The van der Waals surface area contributed by atoms with E-state index >= 15 is 0 Å². The molecule has 0 unspecified atom stereocenters. The second kappa shape index (κ2) is 4.29. The second-order valence-corrected chi connectivity index (χ2v) is 6.23. The molecule has 3 rings (SSSR count). The largest absolute Gasteiger partial charge is 0.493 e. The summed E-state index contributed by atoms with van der Waals surface area (Å²) in [6, 6.07) is 5.95. The average molecular weight is 297 g/mol. The van der Waals surface area contributed by atoms with Crippen LogP contribution in [0.3, 0.4) is 0 Å². The number of ether oxygens (including phenoxy) is 1. The summed E-state index contributed by atoms with van der Waals surface area (Å²) >= 11 is 3.48. The van der Waals surface area contributed by atoms with Gasteiger partial charge in [0, 0.05) is 4.47 Å². The molecule has 1 aromatic carbocycles. The first kappa shape index (κ1) is 11.5. The molecule has 0 saturated heterocycles. The van der Waals surface area contributed by atoms with E-state index in [0.717, 1.165) is 41.2 Å². The highest BCUT2D eigenvalue weighted by Gasteiger charge is 2.42. The van der Waals surface area contributed by atoms with E-state index in [0.29, 0.717) is 0 Å². The van der Waals surface area contributed by atoms with E-state index in [-0.39, 0.29) is 0 Å². The molecule has 2 aliphatic rings. The van der Waals surface area contributed by atoms with E-state index in [2.05, 4.69) is 15.9 Å². The molecule has 2 saturated carbocycles. The summed E-state index contributed by atoms with van der Waals surface area (Å²) < 4.78 is 6.80. The Kier molecular flexibility index (Phi) is 2.91. The standard InChI is InChI=1S/C14H17BrO2/c15-12-6-11(14(16)4-5-14)7-13(8-12)17-9-10-2-1-3-10/h6-8,10,16H,1-5,9H2. The molecule has 17 heavy (non-hydrogen) atoms. The molecule has 2 aliphatic carbocycles. The topological polar surface area (TPSA) is 29.5 Å². The molecule has 0 aliphatic heterocycles. The molecule has 0 bridgehead atoms. The van der Waals surface area contributed by atoms with Crippen molar-refractivity contribution >= 4 is 15.9 Å². The number of halogens is 1. The third-order valence-electron chi connectivity index (χ3n) is 3.84. The summed E-state index contributed by atoms with van der Waals surface area (Å²) in [6.07, 6.45) is 5.67. The van der Waals surface area contributed by atoms with Crippen LogP contribution in [-0.4, -0.2) is 11.7 Å². The minimum atomic E-state index is -0.585. The zero-order valence-corrected chi connectivity index (χ0v) is 11.4. The summed E-state index contributed by atoms with van der Waals surface area (Å²) in [7, 11) is 0. The fourth-order valence-electron chi connectivity index (χ4n) is 2.20. The van der Waals surface area contributed by atoms with E-state index in [1.54, 1.807) is 0 Å². The van der Waals surface area contributed by atoms with Crippen LogP contribution in [0.15, 0.2) is 22.7 Å². The predicted molar refractivity (Wildman–Crippen MR) is 70.1 cm³/mol. The lowest BCUT2D eigenvalue weighted by atomic mass is 9.86. The second-order valence-electron chi connectivity index (χ2n) is 5.32. The van der Waals surface area contributed by atoms with E-state index in [4.69, 9.17) is 4.74 Å². The van der Waals surface area contributed by atoms with Crippen molar-refractivity contribution in [3.8, 4) is 5.75 Å². The van der Waals surface area contributed by atoms with Gasteiger partial charge in [-0.3, -0.25) is 0 Å². The van der Waals surface area contributed by atoms with Gasteiger partial charge in [0.2, 0.25) is 0 Å². The van der Waals surface area contributed by atoms with Gasteiger partial charge in [0.25, 0.3) is 0 Å². The summed E-state index contributed by atoms with van der Waals surface area (Å²) in [5.41, 5.74) is 0.397. The molecule has 1 aromatic rings. The van der Waals surface area contributed by atoms with Crippen molar-refractivity contribution in [1.29, 1.82) is 0 Å². The van der Waals surface area contributed by atoms with Gasteiger partial charge in [-0.1, -0.05) is 22.4 Å². The first-order chi connectivity index (χ1) is 8.16. The van der Waals surface area contributed by atoms with Crippen molar-refractivity contribution in [2.75, 3.05) is 6.61 Å². The molecule has 3 heteroatoms. The van der Waals surface area contributed by atoms with E-state index in [1.165, 1.54) is 19.3 Å². The normalized spacial score (nSPS) is 22.0. The lowest BCUT2D eigenvalue weighted by molar-refractivity contribution is 0.149. The highest BCUT2D eigenvalue weighted by atomic mass is 79.9. The maximum atomic E-state index is 10.1. The van der Waals surface area contributed by atoms with Gasteiger partial charge in [0.15, 0.2) is 0 Å². The Hall–Kier alpha value is -0.540. The first-order valence-corrected chi connectivity index (χ1v) is 7.11. The molecule has 2 nitrogen and oxygen atoms in total. The number of hydrogen-bond acceptors (Lipinski definition) is 2. The molecular formula is C14H17BrO2. The van der Waals surface area contributed by atoms with E-state index < -0.39 is 5.60 Å². The van der Waals surface area contributed by atoms with Gasteiger partial charge >= 0.3 is 0 Å². The predicted octanol–water partition coefficient (Wildman–Crippen LogP) is 3.61. The third kappa shape index (κ3) is 2.50. The molecule has 1 N–H and O–H groups in total. The summed E-state index contributed by atoms with van der Waals surface area (Å²) in [5.74, 6) is 1.61. The van der Waals surface area contributed by atoms with Gasteiger partial charge < -0.3 is 9.84 Å². The number of rotatable bonds is 4. The smallest absolute Gasteiger partial charge is 0.120 e. The Labute approximate surface area is 110 Å². The van der Waals surface area contributed by atoms with E-state index in [9.17, 15) is 5.11 Å². The molecule has 0 heterocycles. The summed E-state index contributed by atoms with van der Waals surface area (Å²) in [4.78, 5) is 0. The fraction of sp³-hybridized carbons (Fsp3) is 0.571. The Morgan fingerprint density at radius 3 is 2.65 bits per heavy atom. The first-order valence-electron chi connectivity index (χ1n) is 6.32. The molecule has 0 amide bonds. The van der Waals surface area contributed by atoms with E-state index in [1.807, 2.05) is 18.2 Å². The maximum absolute atomic E-state index is 10.1. The van der Waals surface area contributed by atoms with Crippen molar-refractivity contribution in [2.24, 2.45) is 5.92 Å². The Balaban J connectivity index is 1.72. The van der Waals surface area contributed by atoms with Crippen LogP contribution < -0.4 is 4.74 Å². The molecule has 0 aromatic heterocycles. The lowest BCUT2D eigenvalue weighted by Crippen LogP contribution is -2.19. The number of aliphatic hydroxyl groups is 1. The van der Waals surface area contributed by atoms with Gasteiger partial charge in [0.05, 0.1) is 12.2 Å². The zero-order valence-electron chi connectivity index (χ0n) is 9.79. The van der Waals surface area contributed by atoms with Crippen molar-refractivity contribution < 1.29 is 9.84 Å². The molecule has 2 fully saturated rings. The summed E-state index contributed by atoms with van der Waals surface area (Å²) in [6.45, 7) is 0.814. The molecule has 0 spiro atoms. The maximum Gasteiger partial charge on any atom is 0.120 e. The minimum Gasteiger partial charge on any atom is -0.493 e. The molecular weight excluding hydrogens is 280 g/mol. The van der Waals surface area contributed by atoms with Crippen molar-refractivity contribution in [3.63, 3.8) is 0 Å². The van der Waals surface area contributed by atoms with Crippen LogP contribution in [0.5, 0.6) is 5.75 Å². The monoisotopic (exact) mass is 296 g/mol. The Bertz CT molecular complexity index is 422. The SMILES string of the molecule is OC1(c2cc(Br)cc(OCC3CCC3)c2)CC1. The minimum absolute atomic E-state index is 0.585.